The van der Waals surface area contributed by atoms with Crippen molar-refractivity contribution in [1.82, 2.24) is 105 Å². The number of nitrogens with two attached hydrogens (primary N) is 9. The second-order valence-electron chi connectivity index (χ2n) is 32.7. The summed E-state index contributed by atoms with van der Waals surface area (Å²) >= 11 is 16.6. The fourth-order valence-corrected chi connectivity index (χ4v) is 14.2. The van der Waals surface area contributed by atoms with Crippen molar-refractivity contribution in [2.45, 2.75) is 278 Å². The van der Waals surface area contributed by atoms with Gasteiger partial charge >= 0.3 is 0 Å². The van der Waals surface area contributed by atoms with Crippen LogP contribution in [-0.4, -0.2) is 320 Å². The zero-order valence-electron chi connectivity index (χ0n) is 76.6. The topological polar surface area (TPSA) is 890 Å². The summed E-state index contributed by atoms with van der Waals surface area (Å²) in [7, 11) is 0. The Morgan fingerprint density at radius 3 is 1.18 bits per heavy atom. The Labute approximate surface area is 806 Å². The molecule has 57 heteroatoms. The molecule has 0 spiro atoms. The molecule has 1 aromatic heterocycles. The quantitative estimate of drug-likeness (QED) is 0.0125. The first kappa shape index (κ1) is 120. The van der Waals surface area contributed by atoms with Crippen molar-refractivity contribution in [2.75, 3.05) is 49.2 Å². The van der Waals surface area contributed by atoms with E-state index >= 15 is 0 Å². The van der Waals surface area contributed by atoms with Crippen molar-refractivity contribution in [2.24, 2.45) is 57.5 Å². The van der Waals surface area contributed by atoms with Crippen molar-refractivity contribution in [3.8, 4) is 0 Å². The minimum absolute atomic E-state index is 0.00750. The van der Waals surface area contributed by atoms with E-state index in [-0.39, 0.29) is 108 Å². The number of hydrogen-bond donors (Lipinski definition) is 33. The average molecular weight is 2000 g/mol. The van der Waals surface area contributed by atoms with E-state index in [1.165, 1.54) is 33.3 Å². The molecule has 0 aromatic carbocycles. The summed E-state index contributed by atoms with van der Waals surface area (Å²) in [5, 5.41) is 60.1. The normalized spacial score (nSPS) is 16.2. The number of thiol groups is 4. The number of guanidine groups is 1. The van der Waals surface area contributed by atoms with E-state index in [2.05, 4.69) is 151 Å². The van der Waals surface area contributed by atoms with Crippen LogP contribution in [0.4, 0.5) is 0 Å². The lowest BCUT2D eigenvalue weighted by atomic mass is 10.0. The smallest absolute Gasteiger partial charge is 0.245 e. The molecular weight excluding hydrogens is 1870 g/mol. The molecule has 2 heterocycles. The molecule has 0 radical (unpaired) electrons. The highest BCUT2D eigenvalue weighted by molar-refractivity contribution is 7.80. The first-order valence-electron chi connectivity index (χ1n) is 43.9. The number of primary amides is 5. The van der Waals surface area contributed by atoms with E-state index in [0.29, 0.717) is 18.5 Å². The third kappa shape index (κ3) is 44.3. The maximum Gasteiger partial charge on any atom is 0.245 e. The third-order valence-corrected chi connectivity index (χ3v) is 22.3. The number of rotatable bonds is 66. The van der Waals surface area contributed by atoms with Gasteiger partial charge in [0.15, 0.2) is 5.96 Å². The molecular formula is C79H136N30O23S4. The maximum absolute atomic E-state index is 14.4. The fourth-order valence-electron chi connectivity index (χ4n) is 13.3. The van der Waals surface area contributed by atoms with Crippen LogP contribution >= 0.6 is 50.5 Å². The van der Waals surface area contributed by atoms with Crippen LogP contribution in [0, 0.1) is 11.3 Å². The lowest BCUT2D eigenvalue weighted by Gasteiger charge is -2.30. The number of carbonyl (C=O) groups excluding carboxylic acids is 22. The maximum atomic E-state index is 14.4. The van der Waals surface area contributed by atoms with Crippen LogP contribution in [0.2, 0.25) is 0 Å². The highest BCUT2D eigenvalue weighted by Gasteiger charge is 2.42. The minimum Gasteiger partial charge on any atom is -0.391 e. The number of aromatic nitrogens is 2. The summed E-state index contributed by atoms with van der Waals surface area (Å²) in [5.74, 6) is -23.9. The predicted octanol–water partition coefficient (Wildman–Crippen LogP) is -13.1. The van der Waals surface area contributed by atoms with Crippen LogP contribution < -0.4 is 142 Å². The molecule has 19 atom stereocenters. The SMILES string of the molecule is CC(C)C[C@H](NC(=O)[C@H](C)NC(=O)[C@@H](NC(=O)[C@H](CCC(N)=O)NC(=O)[C@@H]1CCCN1C(=O)[C@H](C)NC(=O)[C@H](CCCCN)NC(=O)[C@H](CS)NC(=O)[C@H](CC(N)=O)NC(=O)[C@@H](N)CS)[C@@H](C)O)C(=O)N[C@@H](CS)C(=O)N[C@@H](C)C(=O)N[C@@H](CCCNC(=N)N)C(=O)N[C@@H](CCCCN)C(=O)N[C@@H](CS)C(=O)N[C@@H](CCC(N)=O)C(=O)N[C@@H](CCC(N)=O)C(=O)N[C@@H](Cc1c[nH]cn1)C(N)=O. The highest BCUT2D eigenvalue weighted by atomic mass is 32.1. The van der Waals surface area contributed by atoms with Gasteiger partial charge in [0, 0.05) is 68.0 Å². The zero-order chi connectivity index (χ0) is 103. The molecule has 2 rings (SSSR count). The Morgan fingerprint density at radius 2 is 0.787 bits per heavy atom. The fraction of sp³-hybridized carbons (Fsp3) is 0.671. The Kier molecular flexibility index (Phi) is 55.3. The molecule has 1 fully saturated rings. The molecule has 1 aliphatic heterocycles. The number of nitrogens with zero attached hydrogens (tertiary/aromatic N) is 2. The number of aliphatic hydroxyl groups is 1. The van der Waals surface area contributed by atoms with Gasteiger partial charge in [0.05, 0.1) is 30.6 Å². The molecule has 1 saturated heterocycles. The summed E-state index contributed by atoms with van der Waals surface area (Å²) in [6.07, 6.45) is -1.93. The molecule has 1 aliphatic rings. The molecule has 0 saturated carbocycles. The summed E-state index contributed by atoms with van der Waals surface area (Å²) in [5.41, 5.74) is 50.1. The first-order valence-corrected chi connectivity index (χ1v) is 46.4. The van der Waals surface area contributed by atoms with Crippen LogP contribution in [0.5, 0.6) is 0 Å². The van der Waals surface area contributed by atoms with Gasteiger partial charge in [0.25, 0.3) is 0 Å². The van der Waals surface area contributed by atoms with E-state index in [0.717, 1.165) is 11.8 Å². The minimum atomic E-state index is -1.91. The molecule has 136 heavy (non-hydrogen) atoms. The monoisotopic (exact) mass is 2000 g/mol. The zero-order valence-corrected chi connectivity index (χ0v) is 80.2. The molecule has 1 aromatic rings. The highest BCUT2D eigenvalue weighted by Crippen LogP contribution is 2.21. The number of carbonyl (C=O) groups is 22. The van der Waals surface area contributed by atoms with Gasteiger partial charge in [0.2, 0.25) is 130 Å². The molecule has 22 amide bonds. The third-order valence-electron chi connectivity index (χ3n) is 20.8. The van der Waals surface area contributed by atoms with Crippen molar-refractivity contribution >= 4 is 186 Å². The number of aromatic amines is 1. The Morgan fingerprint density at radius 1 is 0.426 bits per heavy atom. The van der Waals surface area contributed by atoms with Crippen LogP contribution in [-0.2, 0) is 112 Å². The summed E-state index contributed by atoms with van der Waals surface area (Å²) in [6, 6.07) is -27.4. The van der Waals surface area contributed by atoms with Crippen LogP contribution in [0.25, 0.3) is 0 Å². The van der Waals surface area contributed by atoms with Crippen molar-refractivity contribution < 1.29 is 111 Å². The number of imidazole rings is 1. The standard InChI is InChI=1S/C79H136N30O23S4/c1-36(2)27-50(103-63(117)38(4)94-77(131)60(40(6)110)108-70(124)48(19-22-58(85)113)101-76(130)55-16-12-26-109(55)78(132)39(5)95-65(119)43(13-7-9-23-80)98-74(128)54(34-136)107-72(126)51(29-59(86)114)104-64(118)42(82)31-133)71(125)106-52(32-134)73(127)93-37(3)62(116)96-45(15-11-25-91-79(88)89)66(120)97-44(14-8-10-24-81)67(121)105-53(33-135)75(129)100-46(17-20-56(83)111)68(122)99-47(18-21-57(84)112)69(123)102-49(61(87)115)28-41-30-90-35-92-41/h30,35-40,42-55,60,110,133-136H,7-29,31-34,80-82H2,1-6H3,(H2,83,111)(H2,84,112)(H2,85,113)(H2,86,114)(H2,87,115)(H,90,92)(H,93,127)(H,94,131)(H,95,119)(H,96,116)(H,97,120)(H,98,128)(H,99,122)(H,100,129)(H,101,130)(H,102,123)(H,103,117)(H,104,118)(H,105,121)(H,106,125)(H,107,126)(H,108,124)(H4,88,89,91)/t37-,38-,39-,40+,42-,43-,44-,45-,46-,47-,48-,49-,50-,51-,52-,53-,54-,55-,60-/m0/s1. The van der Waals surface area contributed by atoms with E-state index in [1.807, 2.05) is 0 Å². The largest absolute Gasteiger partial charge is 0.391 e. The van der Waals surface area contributed by atoms with Crippen molar-refractivity contribution in [3.63, 3.8) is 0 Å². The Bertz CT molecular complexity index is 4280. The predicted molar refractivity (Wildman–Crippen MR) is 503 cm³/mol. The van der Waals surface area contributed by atoms with Gasteiger partial charge in [-0.2, -0.15) is 50.5 Å². The number of amides is 22. The van der Waals surface area contributed by atoms with E-state index in [4.69, 9.17) is 57.0 Å². The summed E-state index contributed by atoms with van der Waals surface area (Å²) in [6.45, 7) is 8.38. The second-order valence-corrected chi connectivity index (χ2v) is 34.2. The van der Waals surface area contributed by atoms with Gasteiger partial charge in [-0.3, -0.25) is 111 Å². The molecule has 764 valence electrons. The average Bonchev–Trinajstić information content (AvgIpc) is 1.61. The number of nitrogens with one attached hydrogen (secondary N) is 19. The molecule has 38 N–H and O–H groups in total. The number of hydrogen-bond acceptors (Lipinski definition) is 32. The molecule has 0 unspecified atom stereocenters. The summed E-state index contributed by atoms with van der Waals surface area (Å²) in [4.78, 5) is 305. The number of aliphatic hydroxyl groups excluding tert-OH is 1. The van der Waals surface area contributed by atoms with Crippen molar-refractivity contribution in [3.05, 3.63) is 18.2 Å². The van der Waals surface area contributed by atoms with Gasteiger partial charge < -0.3 is 157 Å². The van der Waals surface area contributed by atoms with E-state index in [9.17, 15) is 111 Å². The lowest BCUT2D eigenvalue weighted by Crippen LogP contribution is -2.62. The van der Waals surface area contributed by atoms with Gasteiger partial charge in [-0.05, 0) is 137 Å². The van der Waals surface area contributed by atoms with Gasteiger partial charge in [-0.15, -0.1) is 0 Å². The second kappa shape index (κ2) is 62.7. The van der Waals surface area contributed by atoms with Gasteiger partial charge in [-0.25, -0.2) is 4.98 Å². The van der Waals surface area contributed by atoms with Crippen molar-refractivity contribution in [1.29, 1.82) is 5.41 Å². The number of unbranched alkanes of at least 4 members (excludes halogenated alkanes) is 2. The lowest BCUT2D eigenvalue weighted by molar-refractivity contribution is -0.142. The number of H-pyrrole nitrogens is 1. The van der Waals surface area contributed by atoms with E-state index in [1.54, 1.807) is 13.8 Å². The molecule has 53 nitrogen and oxygen atoms in total. The van der Waals surface area contributed by atoms with Crippen LogP contribution in [0.1, 0.15) is 163 Å². The summed E-state index contributed by atoms with van der Waals surface area (Å²) < 4.78 is 0. The van der Waals surface area contributed by atoms with Gasteiger partial charge in [0.1, 0.15) is 103 Å². The Hall–Kier alpha value is -11.9. The molecule has 0 bridgehead atoms. The van der Waals surface area contributed by atoms with Crippen LogP contribution in [0.3, 0.4) is 0 Å². The molecule has 0 aliphatic carbocycles. The number of likely N-dealkylation sites (tertiary alicyclic amines) is 1. The Balaban J connectivity index is 2.33. The van der Waals surface area contributed by atoms with Crippen LogP contribution in [0.15, 0.2) is 12.5 Å². The van der Waals surface area contributed by atoms with E-state index < -0.39 is 307 Å². The van der Waals surface area contributed by atoms with Gasteiger partial charge in [-0.1, -0.05) is 13.8 Å². The first-order chi connectivity index (χ1) is 64.0.